The smallest absolute Gasteiger partial charge is 0.208 e. The molecule has 2 aromatic carbocycles. The van der Waals surface area contributed by atoms with Crippen molar-refractivity contribution in [3.05, 3.63) is 70.7 Å². The molecule has 0 N–H and O–H groups in total. The molecule has 0 unspecified atom stereocenters. The fourth-order valence-corrected chi connectivity index (χ4v) is 4.62. The zero-order chi connectivity index (χ0) is 21.4. The van der Waals surface area contributed by atoms with E-state index in [-0.39, 0.29) is 18.1 Å². The lowest BCUT2D eigenvalue weighted by Crippen LogP contribution is -2.08. The van der Waals surface area contributed by atoms with Crippen LogP contribution < -0.4 is 4.74 Å². The minimum atomic E-state index is -0.0575. The highest BCUT2D eigenvalue weighted by atomic mass is 35.5. The number of furan rings is 1. The van der Waals surface area contributed by atoms with Crippen molar-refractivity contribution >= 4 is 40.1 Å². The Morgan fingerprint density at radius 2 is 1.97 bits per heavy atom. The molecule has 0 amide bonds. The molecular weight excluding hydrogens is 434 g/mol. The van der Waals surface area contributed by atoms with Crippen LogP contribution in [0.25, 0.3) is 11.0 Å². The van der Waals surface area contributed by atoms with Gasteiger partial charge >= 0.3 is 0 Å². The number of aromatic nitrogens is 3. The summed E-state index contributed by atoms with van der Waals surface area (Å²) in [7, 11) is 0. The van der Waals surface area contributed by atoms with E-state index >= 15 is 0 Å². The second-order valence-corrected chi connectivity index (χ2v) is 8.83. The minimum absolute atomic E-state index is 0.0575. The van der Waals surface area contributed by atoms with Crippen LogP contribution in [0.4, 0.5) is 0 Å². The van der Waals surface area contributed by atoms with Gasteiger partial charge in [0.25, 0.3) is 0 Å². The van der Waals surface area contributed by atoms with E-state index in [9.17, 15) is 4.79 Å². The number of ketones is 1. The first kappa shape index (κ1) is 20.2. The maximum absolute atomic E-state index is 12.8. The summed E-state index contributed by atoms with van der Waals surface area (Å²) in [4.78, 5) is 12.8. The van der Waals surface area contributed by atoms with Gasteiger partial charge in [0.05, 0.1) is 10.8 Å². The molecule has 4 aromatic rings. The number of hydrogen-bond acceptors (Lipinski definition) is 6. The first-order valence-corrected chi connectivity index (χ1v) is 11.4. The van der Waals surface area contributed by atoms with Gasteiger partial charge in [-0.3, -0.25) is 9.36 Å². The van der Waals surface area contributed by atoms with E-state index in [0.717, 1.165) is 40.4 Å². The molecule has 1 fully saturated rings. The van der Waals surface area contributed by atoms with Crippen LogP contribution in [0.3, 0.4) is 0 Å². The summed E-state index contributed by atoms with van der Waals surface area (Å²) in [6, 6.07) is 15.4. The molecule has 0 spiro atoms. The minimum Gasteiger partial charge on any atom is -0.484 e. The largest absolute Gasteiger partial charge is 0.484 e. The van der Waals surface area contributed by atoms with E-state index in [2.05, 4.69) is 14.8 Å². The van der Waals surface area contributed by atoms with Crippen LogP contribution >= 0.6 is 23.4 Å². The molecule has 5 rings (SSSR count). The number of carbonyl (C=O) groups excluding carboxylic acids is 1. The van der Waals surface area contributed by atoms with Crippen LogP contribution in [-0.4, -0.2) is 26.3 Å². The molecule has 0 bridgehead atoms. The summed E-state index contributed by atoms with van der Waals surface area (Å²) in [5.74, 6) is 1.93. The number of para-hydroxylation sites is 2. The second-order valence-electron chi connectivity index (χ2n) is 7.48. The predicted molar refractivity (Wildman–Crippen MR) is 120 cm³/mol. The molecule has 1 aliphatic carbocycles. The number of fused-ring (bicyclic) bond motifs is 1. The van der Waals surface area contributed by atoms with Crippen LogP contribution in [0.1, 0.15) is 40.8 Å². The Labute approximate surface area is 188 Å². The predicted octanol–water partition coefficient (Wildman–Crippen LogP) is 5.88. The van der Waals surface area contributed by atoms with Crippen molar-refractivity contribution in [2.45, 2.75) is 37.6 Å². The molecule has 158 valence electrons. The standard InChI is InChI=1S/C23H20ClN3O3S/c1-14-16-6-2-4-8-19(16)30-22(14)18(28)13-31-23-26-25-21(27(23)15-10-11-15)12-29-20-9-5-3-7-17(20)24/h2-9,15H,10-13H2,1H3. The quantitative estimate of drug-likeness (QED) is 0.245. The van der Waals surface area contributed by atoms with Crippen molar-refractivity contribution in [2.75, 3.05) is 5.75 Å². The fourth-order valence-electron chi connectivity index (χ4n) is 3.54. The first-order chi connectivity index (χ1) is 15.1. The van der Waals surface area contributed by atoms with Crippen molar-refractivity contribution in [1.82, 2.24) is 14.8 Å². The Bertz CT molecular complexity index is 1260. The maximum atomic E-state index is 12.8. The third kappa shape index (κ3) is 4.07. The van der Waals surface area contributed by atoms with E-state index in [1.807, 2.05) is 49.4 Å². The number of aryl methyl sites for hydroxylation is 1. The van der Waals surface area contributed by atoms with E-state index in [4.69, 9.17) is 20.8 Å². The van der Waals surface area contributed by atoms with Gasteiger partial charge in [0, 0.05) is 17.0 Å². The highest BCUT2D eigenvalue weighted by molar-refractivity contribution is 7.99. The zero-order valence-corrected chi connectivity index (χ0v) is 18.4. The zero-order valence-electron chi connectivity index (χ0n) is 16.9. The molecule has 6 nitrogen and oxygen atoms in total. The Morgan fingerprint density at radius 1 is 1.19 bits per heavy atom. The molecule has 0 saturated heterocycles. The SMILES string of the molecule is Cc1c(C(=O)CSc2nnc(COc3ccccc3Cl)n2C2CC2)oc2ccccc12. The summed E-state index contributed by atoms with van der Waals surface area (Å²) in [5.41, 5.74) is 1.60. The van der Waals surface area contributed by atoms with Gasteiger partial charge in [0.2, 0.25) is 5.78 Å². The van der Waals surface area contributed by atoms with Crippen molar-refractivity contribution in [3.63, 3.8) is 0 Å². The first-order valence-electron chi connectivity index (χ1n) is 10.1. The van der Waals surface area contributed by atoms with Crippen LogP contribution in [0, 0.1) is 6.92 Å². The highest BCUT2D eigenvalue weighted by Crippen LogP contribution is 2.39. The highest BCUT2D eigenvalue weighted by Gasteiger charge is 2.30. The molecule has 1 saturated carbocycles. The summed E-state index contributed by atoms with van der Waals surface area (Å²) in [6.07, 6.45) is 2.14. The number of halogens is 1. The fraction of sp³-hybridized carbons (Fsp3) is 0.261. The number of benzene rings is 2. The average molecular weight is 454 g/mol. The van der Waals surface area contributed by atoms with Crippen LogP contribution in [0.2, 0.25) is 5.02 Å². The van der Waals surface area contributed by atoms with Gasteiger partial charge in [0.1, 0.15) is 17.9 Å². The molecule has 0 atom stereocenters. The monoisotopic (exact) mass is 453 g/mol. The van der Waals surface area contributed by atoms with Gasteiger partial charge in [-0.25, -0.2) is 0 Å². The van der Waals surface area contributed by atoms with E-state index < -0.39 is 0 Å². The molecule has 1 aliphatic rings. The Morgan fingerprint density at radius 3 is 2.74 bits per heavy atom. The van der Waals surface area contributed by atoms with E-state index in [0.29, 0.717) is 22.6 Å². The molecule has 31 heavy (non-hydrogen) atoms. The maximum Gasteiger partial charge on any atom is 0.208 e. The van der Waals surface area contributed by atoms with Gasteiger partial charge in [0.15, 0.2) is 16.7 Å². The lowest BCUT2D eigenvalue weighted by molar-refractivity contribution is 0.0993. The lowest BCUT2D eigenvalue weighted by atomic mass is 10.1. The van der Waals surface area contributed by atoms with E-state index in [1.54, 1.807) is 6.07 Å². The number of thioether (sulfide) groups is 1. The average Bonchev–Trinajstić information content (AvgIpc) is 3.46. The van der Waals surface area contributed by atoms with Gasteiger partial charge in [-0.05, 0) is 38.0 Å². The van der Waals surface area contributed by atoms with Crippen LogP contribution in [0.15, 0.2) is 58.1 Å². The van der Waals surface area contributed by atoms with Crippen LogP contribution in [0.5, 0.6) is 5.75 Å². The van der Waals surface area contributed by atoms with Crippen molar-refractivity contribution in [2.24, 2.45) is 0 Å². The molecule has 0 radical (unpaired) electrons. The Balaban J connectivity index is 1.31. The van der Waals surface area contributed by atoms with Gasteiger partial charge in [-0.2, -0.15) is 0 Å². The number of Topliss-reactive ketones (excluding diaryl/α,β-unsaturated/α-hetero) is 1. The number of nitrogens with zero attached hydrogens (tertiary/aromatic N) is 3. The number of hydrogen-bond donors (Lipinski definition) is 0. The van der Waals surface area contributed by atoms with Gasteiger partial charge in [-0.15, -0.1) is 10.2 Å². The molecule has 0 aliphatic heterocycles. The lowest BCUT2D eigenvalue weighted by Gasteiger charge is -2.10. The number of carbonyl (C=O) groups is 1. The summed E-state index contributed by atoms with van der Waals surface area (Å²) in [6.45, 7) is 2.19. The van der Waals surface area contributed by atoms with Gasteiger partial charge < -0.3 is 9.15 Å². The van der Waals surface area contributed by atoms with Crippen molar-refractivity contribution in [3.8, 4) is 5.75 Å². The van der Waals surface area contributed by atoms with Crippen LogP contribution in [-0.2, 0) is 6.61 Å². The number of ether oxygens (including phenoxy) is 1. The third-order valence-corrected chi connectivity index (χ3v) is 6.53. The van der Waals surface area contributed by atoms with Crippen molar-refractivity contribution < 1.29 is 13.9 Å². The topological polar surface area (TPSA) is 70.2 Å². The summed E-state index contributed by atoms with van der Waals surface area (Å²) in [5, 5.41) is 10.9. The molecule has 2 aromatic heterocycles. The Hall–Kier alpha value is -2.77. The molecule has 8 heteroatoms. The second kappa shape index (κ2) is 8.40. The third-order valence-electron chi connectivity index (χ3n) is 5.27. The Kier molecular flexibility index (Phi) is 5.46. The number of rotatable bonds is 8. The van der Waals surface area contributed by atoms with Crippen molar-refractivity contribution in [1.29, 1.82) is 0 Å². The summed E-state index contributed by atoms with van der Waals surface area (Å²) < 4.78 is 13.7. The molecular formula is C23H20ClN3O3S. The normalized spacial score (nSPS) is 13.6. The molecule has 2 heterocycles. The van der Waals surface area contributed by atoms with Gasteiger partial charge in [-0.1, -0.05) is 53.7 Å². The summed E-state index contributed by atoms with van der Waals surface area (Å²) >= 11 is 7.56. The van der Waals surface area contributed by atoms with E-state index in [1.165, 1.54) is 11.8 Å².